The van der Waals surface area contributed by atoms with Crippen molar-refractivity contribution in [2.45, 2.75) is 18.0 Å². The minimum Gasteiger partial charge on any atom is -0.332 e. The fraction of sp³-hybridized carbons (Fsp3) is 0.200. The molecule has 1 aromatic heterocycles. The molecule has 140 valence electrons. The quantitative estimate of drug-likeness (QED) is 0.624. The number of aromatic nitrogens is 1. The zero-order chi connectivity index (χ0) is 19.6. The first kappa shape index (κ1) is 19.5. The molecule has 1 heterocycles. The Balaban J connectivity index is 2.52. The van der Waals surface area contributed by atoms with Crippen LogP contribution in [0.5, 0.6) is 0 Å². The highest BCUT2D eigenvalue weighted by atomic mass is 19.4. The Bertz CT molecular complexity index is 761. The van der Waals surface area contributed by atoms with Gasteiger partial charge in [-0.2, -0.15) is 26.3 Å². The van der Waals surface area contributed by atoms with E-state index in [0.717, 1.165) is 47.9 Å². The van der Waals surface area contributed by atoms with Crippen molar-refractivity contribution in [1.82, 2.24) is 10.3 Å². The van der Waals surface area contributed by atoms with E-state index >= 15 is 0 Å². The Morgan fingerprint density at radius 3 is 1.96 bits per heavy atom. The molecule has 0 aliphatic heterocycles. The van der Waals surface area contributed by atoms with Gasteiger partial charge in [-0.1, -0.05) is 18.2 Å². The third kappa shape index (κ3) is 3.70. The molecule has 0 radical (unpaired) electrons. The largest absolute Gasteiger partial charge is 0.439 e. The number of alkyl halides is 6. The lowest BCUT2D eigenvalue weighted by Crippen LogP contribution is -2.72. The number of hydrogen-bond donors (Lipinski definition) is 2. The van der Waals surface area contributed by atoms with Crippen LogP contribution in [0.25, 0.3) is 0 Å². The van der Waals surface area contributed by atoms with E-state index < -0.39 is 41.1 Å². The number of nitrogens with one attached hydrogen (secondary N) is 2. The second kappa shape index (κ2) is 6.81. The molecule has 2 rings (SSSR count). The van der Waals surface area contributed by atoms with Crippen molar-refractivity contribution in [3.05, 3.63) is 60.0 Å². The van der Waals surface area contributed by atoms with Crippen LogP contribution in [0.2, 0.25) is 0 Å². The molecule has 0 spiro atoms. The number of amides is 1. The molecular formula is C15H10F7N3O. The van der Waals surface area contributed by atoms with Crippen molar-refractivity contribution in [3.8, 4) is 0 Å². The normalized spacial score (nSPS) is 12.6. The summed E-state index contributed by atoms with van der Waals surface area (Å²) in [6.45, 7) is 0. The van der Waals surface area contributed by atoms with Gasteiger partial charge in [0.25, 0.3) is 5.91 Å². The van der Waals surface area contributed by atoms with Gasteiger partial charge < -0.3 is 10.6 Å². The van der Waals surface area contributed by atoms with Crippen LogP contribution in [0.4, 0.5) is 36.6 Å². The maximum absolute atomic E-state index is 13.6. The van der Waals surface area contributed by atoms with Crippen molar-refractivity contribution >= 4 is 11.7 Å². The van der Waals surface area contributed by atoms with Crippen LogP contribution in [0.1, 0.15) is 10.4 Å². The molecule has 0 aliphatic carbocycles. The number of halogens is 7. The smallest absolute Gasteiger partial charge is 0.332 e. The summed E-state index contributed by atoms with van der Waals surface area (Å²) in [5.41, 5.74) is -5.86. The molecule has 2 aromatic rings. The summed E-state index contributed by atoms with van der Waals surface area (Å²) in [5, 5.41) is 2.01. The van der Waals surface area contributed by atoms with Gasteiger partial charge in [0.05, 0.1) is 5.56 Å². The van der Waals surface area contributed by atoms with Gasteiger partial charge in [0.1, 0.15) is 11.6 Å². The second-order valence-corrected chi connectivity index (χ2v) is 5.02. The third-order valence-corrected chi connectivity index (χ3v) is 3.25. The van der Waals surface area contributed by atoms with E-state index in [0.29, 0.717) is 0 Å². The Morgan fingerprint density at radius 1 is 0.885 bits per heavy atom. The summed E-state index contributed by atoms with van der Waals surface area (Å²) < 4.78 is 94.1. The number of rotatable bonds is 4. The average Bonchev–Trinajstić information content (AvgIpc) is 2.53. The molecule has 0 saturated carbocycles. The van der Waals surface area contributed by atoms with Crippen molar-refractivity contribution in [1.29, 1.82) is 0 Å². The van der Waals surface area contributed by atoms with Crippen molar-refractivity contribution in [2.24, 2.45) is 0 Å². The molecule has 1 amide bonds. The molecule has 0 unspecified atom stereocenters. The molecule has 2 N–H and O–H groups in total. The van der Waals surface area contributed by atoms with E-state index in [-0.39, 0.29) is 0 Å². The van der Waals surface area contributed by atoms with Gasteiger partial charge in [-0.05, 0) is 24.3 Å². The van der Waals surface area contributed by atoms with Gasteiger partial charge >= 0.3 is 18.0 Å². The summed E-state index contributed by atoms with van der Waals surface area (Å²) in [6.07, 6.45) is -11.1. The first-order chi connectivity index (χ1) is 12.0. The summed E-state index contributed by atoms with van der Waals surface area (Å²) in [5.74, 6) is -3.97. The van der Waals surface area contributed by atoms with Gasteiger partial charge in [0, 0.05) is 6.20 Å². The molecule has 4 nitrogen and oxygen atoms in total. The summed E-state index contributed by atoms with van der Waals surface area (Å²) in [6, 6.07) is 6.96. The van der Waals surface area contributed by atoms with Crippen LogP contribution in [-0.2, 0) is 0 Å². The van der Waals surface area contributed by atoms with E-state index in [1.807, 2.05) is 0 Å². The number of anilines is 1. The lowest BCUT2D eigenvalue weighted by atomic mass is 10.1. The molecule has 1 aromatic carbocycles. The highest BCUT2D eigenvalue weighted by Crippen LogP contribution is 2.43. The highest BCUT2D eigenvalue weighted by Gasteiger charge is 2.73. The molecule has 0 aliphatic rings. The molecule has 26 heavy (non-hydrogen) atoms. The van der Waals surface area contributed by atoms with Gasteiger partial charge in [0.15, 0.2) is 0 Å². The Morgan fingerprint density at radius 2 is 1.46 bits per heavy atom. The van der Waals surface area contributed by atoms with Gasteiger partial charge in [-0.3, -0.25) is 4.79 Å². The topological polar surface area (TPSA) is 54.0 Å². The van der Waals surface area contributed by atoms with Crippen LogP contribution < -0.4 is 10.6 Å². The molecular weight excluding hydrogens is 371 g/mol. The number of benzene rings is 1. The summed E-state index contributed by atoms with van der Waals surface area (Å²) >= 11 is 0. The lowest BCUT2D eigenvalue weighted by Gasteiger charge is -2.38. The SMILES string of the molecule is O=C(NC(Nc1ccccn1)(C(F)(F)F)C(F)(F)F)c1ccccc1F. The zero-order valence-electron chi connectivity index (χ0n) is 12.6. The van der Waals surface area contributed by atoms with Crippen molar-refractivity contribution < 1.29 is 35.5 Å². The molecule has 0 fully saturated rings. The fourth-order valence-corrected chi connectivity index (χ4v) is 1.99. The second-order valence-electron chi connectivity index (χ2n) is 5.02. The Hall–Kier alpha value is -2.85. The van der Waals surface area contributed by atoms with E-state index in [2.05, 4.69) is 4.98 Å². The maximum Gasteiger partial charge on any atom is 0.439 e. The van der Waals surface area contributed by atoms with Gasteiger partial charge in [-0.25, -0.2) is 9.37 Å². The first-order valence-corrected chi connectivity index (χ1v) is 6.87. The molecule has 11 heteroatoms. The minimum absolute atomic E-state index is 0.726. The number of pyridine rings is 1. The fourth-order valence-electron chi connectivity index (χ4n) is 1.99. The van der Waals surface area contributed by atoms with Crippen molar-refractivity contribution in [3.63, 3.8) is 0 Å². The average molecular weight is 381 g/mol. The van der Waals surface area contributed by atoms with Crippen molar-refractivity contribution in [2.75, 3.05) is 5.32 Å². The van der Waals surface area contributed by atoms with Gasteiger partial charge in [-0.15, -0.1) is 0 Å². The molecule has 0 atom stereocenters. The summed E-state index contributed by atoms with van der Waals surface area (Å²) in [7, 11) is 0. The Labute approximate surface area is 142 Å². The monoisotopic (exact) mass is 381 g/mol. The summed E-state index contributed by atoms with van der Waals surface area (Å²) in [4.78, 5) is 15.3. The predicted molar refractivity (Wildman–Crippen MR) is 76.6 cm³/mol. The van der Waals surface area contributed by atoms with Crippen LogP contribution >= 0.6 is 0 Å². The number of carbonyl (C=O) groups is 1. The number of hydrogen-bond acceptors (Lipinski definition) is 3. The standard InChI is InChI=1S/C15H10F7N3O/c16-10-6-2-1-5-9(10)12(26)25-13(14(17,18)19,15(20,21)22)24-11-7-3-4-8-23-11/h1-8H,(H,23,24)(H,25,26). The minimum atomic E-state index is -6.02. The van der Waals surface area contributed by atoms with E-state index in [4.69, 9.17) is 0 Å². The van der Waals surface area contributed by atoms with E-state index in [9.17, 15) is 35.5 Å². The Kier molecular flexibility index (Phi) is 5.10. The van der Waals surface area contributed by atoms with Crippen LogP contribution in [0, 0.1) is 5.82 Å². The lowest BCUT2D eigenvalue weighted by molar-refractivity contribution is -0.294. The van der Waals surface area contributed by atoms with E-state index in [1.165, 1.54) is 11.4 Å². The van der Waals surface area contributed by atoms with Crippen LogP contribution in [0.3, 0.4) is 0 Å². The number of nitrogens with zero attached hydrogens (tertiary/aromatic N) is 1. The third-order valence-electron chi connectivity index (χ3n) is 3.25. The predicted octanol–water partition coefficient (Wildman–Crippen LogP) is 3.88. The number of carbonyl (C=O) groups excluding carboxylic acids is 1. The van der Waals surface area contributed by atoms with Gasteiger partial charge in [0.2, 0.25) is 0 Å². The maximum atomic E-state index is 13.6. The first-order valence-electron chi connectivity index (χ1n) is 6.87. The van der Waals surface area contributed by atoms with Crippen LogP contribution in [-0.4, -0.2) is 28.9 Å². The van der Waals surface area contributed by atoms with E-state index in [1.54, 1.807) is 0 Å². The molecule has 0 saturated heterocycles. The molecule has 0 bridgehead atoms. The van der Waals surface area contributed by atoms with Crippen LogP contribution in [0.15, 0.2) is 48.7 Å². The zero-order valence-corrected chi connectivity index (χ0v) is 12.6. The highest BCUT2D eigenvalue weighted by molar-refractivity contribution is 5.95.